The third-order valence-corrected chi connectivity index (χ3v) is 3.84. The number of halogens is 3. The van der Waals surface area contributed by atoms with Crippen molar-refractivity contribution >= 4 is 16.1 Å². The number of rotatable bonds is 6. The Morgan fingerprint density at radius 3 is 2.23 bits per heavy atom. The Balaban J connectivity index is 3.12. The minimum atomic E-state index is -5.91. The van der Waals surface area contributed by atoms with E-state index in [0.717, 1.165) is 0 Å². The Labute approximate surface area is 126 Å². The van der Waals surface area contributed by atoms with E-state index >= 15 is 0 Å². The lowest BCUT2D eigenvalue weighted by molar-refractivity contribution is -0.153. The fraction of sp³-hybridized carbons (Fsp3) is 0.462. The van der Waals surface area contributed by atoms with E-state index in [1.807, 2.05) is 0 Å². The minimum absolute atomic E-state index is 0.119. The quantitative estimate of drug-likeness (QED) is 0.452. The smallest absolute Gasteiger partial charge is 0.464 e. The van der Waals surface area contributed by atoms with Crippen LogP contribution in [0.3, 0.4) is 0 Å². The Kier molecular flexibility index (Phi) is 5.95. The molecule has 0 saturated carbocycles. The van der Waals surface area contributed by atoms with Crippen molar-refractivity contribution in [2.24, 2.45) is 0 Å². The molecule has 0 saturated heterocycles. The van der Waals surface area contributed by atoms with Gasteiger partial charge in [0.25, 0.3) is 0 Å². The van der Waals surface area contributed by atoms with Crippen LogP contribution in [0.25, 0.3) is 0 Å². The summed E-state index contributed by atoms with van der Waals surface area (Å²) < 4.78 is 68.4. The third kappa shape index (κ3) is 4.44. The fourth-order valence-corrected chi connectivity index (χ4v) is 2.30. The maximum Gasteiger partial charge on any atom is 0.523 e. The molecule has 1 rings (SSSR count). The molecule has 124 valence electrons. The zero-order chi connectivity index (χ0) is 17.0. The van der Waals surface area contributed by atoms with Gasteiger partial charge in [-0.25, -0.2) is 8.98 Å². The molecule has 5 nitrogen and oxygen atoms in total. The number of benzene rings is 1. The van der Waals surface area contributed by atoms with Crippen LogP contribution < -0.4 is 0 Å². The number of esters is 1. The van der Waals surface area contributed by atoms with Gasteiger partial charge in [0.05, 0.1) is 6.61 Å². The van der Waals surface area contributed by atoms with Crippen molar-refractivity contribution in [3.8, 4) is 0 Å². The van der Waals surface area contributed by atoms with E-state index in [0.29, 0.717) is 5.56 Å². The van der Waals surface area contributed by atoms with E-state index in [1.165, 1.54) is 13.8 Å². The van der Waals surface area contributed by atoms with Crippen LogP contribution in [0, 0.1) is 0 Å². The SMILES string of the molecule is CCOC(=O)C(OS(=O)(=O)C(F)(F)F)C(C)c1ccccc1. The first-order valence-electron chi connectivity index (χ1n) is 6.31. The zero-order valence-corrected chi connectivity index (χ0v) is 12.6. The van der Waals surface area contributed by atoms with Crippen LogP contribution in [0.2, 0.25) is 0 Å². The molecule has 0 heterocycles. The highest BCUT2D eigenvalue weighted by molar-refractivity contribution is 7.87. The highest BCUT2D eigenvalue weighted by Gasteiger charge is 2.50. The van der Waals surface area contributed by atoms with Crippen molar-refractivity contribution in [2.45, 2.75) is 31.4 Å². The molecule has 9 heteroatoms. The van der Waals surface area contributed by atoms with E-state index in [1.54, 1.807) is 30.3 Å². The maximum absolute atomic E-state index is 12.4. The van der Waals surface area contributed by atoms with E-state index in [9.17, 15) is 26.4 Å². The third-order valence-electron chi connectivity index (χ3n) is 2.81. The molecule has 0 amide bonds. The predicted molar refractivity (Wildman–Crippen MR) is 71.3 cm³/mol. The summed E-state index contributed by atoms with van der Waals surface area (Å²) in [6, 6.07) is 7.96. The van der Waals surface area contributed by atoms with Crippen LogP contribution in [0.4, 0.5) is 13.2 Å². The number of ether oxygens (including phenoxy) is 1. The van der Waals surface area contributed by atoms with Crippen molar-refractivity contribution in [3.05, 3.63) is 35.9 Å². The van der Waals surface area contributed by atoms with Crippen LogP contribution >= 0.6 is 0 Å². The number of hydrogen-bond acceptors (Lipinski definition) is 5. The topological polar surface area (TPSA) is 69.7 Å². The largest absolute Gasteiger partial charge is 0.523 e. The summed E-state index contributed by atoms with van der Waals surface area (Å²) >= 11 is 0. The predicted octanol–water partition coefficient (Wildman–Crippen LogP) is 2.59. The summed E-state index contributed by atoms with van der Waals surface area (Å²) in [5.74, 6) is -2.12. The molecule has 0 aliphatic carbocycles. The number of hydrogen-bond donors (Lipinski definition) is 0. The minimum Gasteiger partial charge on any atom is -0.464 e. The molecule has 0 spiro atoms. The van der Waals surface area contributed by atoms with Crippen molar-refractivity contribution in [3.63, 3.8) is 0 Å². The molecule has 0 radical (unpaired) electrons. The summed E-state index contributed by atoms with van der Waals surface area (Å²) in [6.45, 7) is 2.70. The Morgan fingerprint density at radius 2 is 1.77 bits per heavy atom. The van der Waals surface area contributed by atoms with Gasteiger partial charge in [0, 0.05) is 5.92 Å². The first kappa shape index (κ1) is 18.4. The second-order valence-electron chi connectivity index (χ2n) is 4.37. The van der Waals surface area contributed by atoms with Crippen molar-refractivity contribution < 1.29 is 35.3 Å². The molecule has 22 heavy (non-hydrogen) atoms. The Morgan fingerprint density at radius 1 is 1.23 bits per heavy atom. The van der Waals surface area contributed by atoms with E-state index in [-0.39, 0.29) is 6.61 Å². The highest BCUT2D eigenvalue weighted by atomic mass is 32.2. The van der Waals surface area contributed by atoms with Gasteiger partial charge in [0.2, 0.25) is 0 Å². The van der Waals surface area contributed by atoms with Gasteiger partial charge in [-0.05, 0) is 12.5 Å². The molecule has 1 aromatic rings. The molecule has 0 aliphatic heterocycles. The second kappa shape index (κ2) is 7.10. The molecule has 1 aromatic carbocycles. The van der Waals surface area contributed by atoms with Crippen LogP contribution in [0.5, 0.6) is 0 Å². The Bertz CT molecular complexity index is 598. The lowest BCUT2D eigenvalue weighted by Crippen LogP contribution is -2.38. The molecule has 0 aromatic heterocycles. The van der Waals surface area contributed by atoms with Gasteiger partial charge in [-0.2, -0.15) is 21.6 Å². The molecule has 0 fully saturated rings. The van der Waals surface area contributed by atoms with E-state index in [2.05, 4.69) is 8.92 Å². The average Bonchev–Trinajstić information content (AvgIpc) is 2.44. The molecule has 0 N–H and O–H groups in total. The molecule has 2 atom stereocenters. The molecule has 0 aliphatic rings. The molecule has 0 bridgehead atoms. The molecular formula is C13H15F3O5S. The first-order valence-corrected chi connectivity index (χ1v) is 7.72. The van der Waals surface area contributed by atoms with Gasteiger partial charge < -0.3 is 4.74 Å². The summed E-state index contributed by atoms with van der Waals surface area (Å²) in [5, 5.41) is 0. The standard InChI is InChI=1S/C13H15F3O5S/c1-3-20-12(17)11(21-22(18,19)13(14,15)16)9(2)10-7-5-4-6-8-10/h4-9,11H,3H2,1-2H3. The number of carbonyl (C=O) groups is 1. The van der Waals surface area contributed by atoms with Gasteiger partial charge in [-0.15, -0.1) is 0 Å². The number of carbonyl (C=O) groups excluding carboxylic acids is 1. The van der Waals surface area contributed by atoms with E-state index < -0.39 is 33.6 Å². The van der Waals surface area contributed by atoms with Gasteiger partial charge in [-0.1, -0.05) is 37.3 Å². The van der Waals surface area contributed by atoms with Gasteiger partial charge in [-0.3, -0.25) is 0 Å². The highest BCUT2D eigenvalue weighted by Crippen LogP contribution is 2.30. The van der Waals surface area contributed by atoms with Gasteiger partial charge >= 0.3 is 21.6 Å². The fourth-order valence-electron chi connectivity index (χ4n) is 1.67. The first-order chi connectivity index (χ1) is 10.1. The normalized spacial score (nSPS) is 15.1. The molecule has 2 unspecified atom stereocenters. The summed E-state index contributed by atoms with van der Waals surface area (Å²) in [6.07, 6.45) is -1.92. The average molecular weight is 340 g/mol. The van der Waals surface area contributed by atoms with Crippen LogP contribution in [-0.4, -0.2) is 32.6 Å². The van der Waals surface area contributed by atoms with Crippen LogP contribution in [-0.2, 0) is 23.8 Å². The van der Waals surface area contributed by atoms with Crippen molar-refractivity contribution in [2.75, 3.05) is 6.61 Å². The van der Waals surface area contributed by atoms with Crippen molar-refractivity contribution in [1.29, 1.82) is 0 Å². The summed E-state index contributed by atoms with van der Waals surface area (Å²) in [4.78, 5) is 11.8. The maximum atomic E-state index is 12.4. The second-order valence-corrected chi connectivity index (χ2v) is 5.93. The summed E-state index contributed by atoms with van der Waals surface area (Å²) in [5.41, 5.74) is -5.17. The van der Waals surface area contributed by atoms with E-state index in [4.69, 9.17) is 0 Å². The van der Waals surface area contributed by atoms with Gasteiger partial charge in [0.15, 0.2) is 6.10 Å². The Hall–Kier alpha value is -1.61. The lowest BCUT2D eigenvalue weighted by atomic mass is 9.95. The van der Waals surface area contributed by atoms with Crippen molar-refractivity contribution in [1.82, 2.24) is 0 Å². The van der Waals surface area contributed by atoms with Crippen LogP contribution in [0.1, 0.15) is 25.3 Å². The van der Waals surface area contributed by atoms with Gasteiger partial charge in [0.1, 0.15) is 0 Å². The zero-order valence-electron chi connectivity index (χ0n) is 11.8. The summed E-state index contributed by atoms with van der Waals surface area (Å²) in [7, 11) is -5.91. The van der Waals surface area contributed by atoms with Crippen LogP contribution in [0.15, 0.2) is 30.3 Å². The monoisotopic (exact) mass is 340 g/mol. The lowest BCUT2D eigenvalue weighted by Gasteiger charge is -2.23. The molecular weight excluding hydrogens is 325 g/mol. The number of alkyl halides is 3.